The number of hydrogen-bond donors (Lipinski definition) is 0. The number of aromatic nitrogens is 3. The summed E-state index contributed by atoms with van der Waals surface area (Å²) in [5.74, 6) is 1.86. The molecule has 0 saturated carbocycles. The van der Waals surface area contributed by atoms with Gasteiger partial charge in [-0.3, -0.25) is 9.97 Å². The summed E-state index contributed by atoms with van der Waals surface area (Å²) in [6.45, 7) is 8.98. The first-order chi connectivity index (χ1) is 19.0. The van der Waals surface area contributed by atoms with Crippen molar-refractivity contribution in [1.82, 2.24) is 14.5 Å². The van der Waals surface area contributed by atoms with E-state index in [2.05, 4.69) is 97.0 Å². The zero-order valence-electron chi connectivity index (χ0n) is 23.3. The van der Waals surface area contributed by atoms with Crippen LogP contribution in [0.1, 0.15) is 50.7 Å². The van der Waals surface area contributed by atoms with Gasteiger partial charge in [-0.25, -0.2) is 0 Å². The molecule has 0 spiro atoms. The van der Waals surface area contributed by atoms with Gasteiger partial charge < -0.3 is 4.57 Å². The number of benzene rings is 4. The summed E-state index contributed by atoms with van der Waals surface area (Å²) in [5.41, 5.74) is 8.02. The van der Waals surface area contributed by atoms with E-state index in [1.165, 1.54) is 22.2 Å². The van der Waals surface area contributed by atoms with Gasteiger partial charge in [0.05, 0.1) is 11.3 Å². The fraction of sp³-hybridized carbons (Fsp3) is 0.167. The van der Waals surface area contributed by atoms with Gasteiger partial charge in [0.2, 0.25) is 0 Å². The average molecular weight is 700 g/mol. The fourth-order valence-corrected chi connectivity index (χ4v) is 4.77. The van der Waals surface area contributed by atoms with Gasteiger partial charge in [0.1, 0.15) is 0 Å². The van der Waals surface area contributed by atoms with Crippen molar-refractivity contribution in [1.29, 1.82) is 0 Å². The summed E-state index contributed by atoms with van der Waals surface area (Å²) in [7, 11) is 0. The van der Waals surface area contributed by atoms with E-state index in [0.717, 1.165) is 28.2 Å². The number of imidazole rings is 1. The van der Waals surface area contributed by atoms with Gasteiger partial charge >= 0.3 is 0 Å². The van der Waals surface area contributed by atoms with Crippen LogP contribution >= 0.6 is 0 Å². The molecule has 0 saturated heterocycles. The molecular weight excluding hydrogens is 667 g/mol. The van der Waals surface area contributed by atoms with Crippen molar-refractivity contribution in [3.05, 3.63) is 139 Å². The van der Waals surface area contributed by atoms with Crippen LogP contribution in [0.5, 0.6) is 0 Å². The number of para-hydroxylation sites is 2. The molecule has 203 valence electrons. The summed E-state index contributed by atoms with van der Waals surface area (Å²) in [4.78, 5) is 9.21. The number of rotatable bonds is 5. The fourth-order valence-electron chi connectivity index (χ4n) is 4.77. The molecule has 0 unspecified atom stereocenters. The molecule has 0 aliphatic carbocycles. The topological polar surface area (TPSA) is 30.7 Å². The molecule has 2 heterocycles. The predicted molar refractivity (Wildman–Crippen MR) is 162 cm³/mol. The van der Waals surface area contributed by atoms with E-state index in [4.69, 9.17) is 0 Å². The number of nitrogens with zero attached hydrogens (tertiary/aromatic N) is 3. The normalized spacial score (nSPS) is 10.8. The quantitative estimate of drug-likeness (QED) is 0.168. The monoisotopic (exact) mass is 700 g/mol. The van der Waals surface area contributed by atoms with Gasteiger partial charge in [0.15, 0.2) is 0 Å². The Bertz CT molecular complexity index is 1630. The number of hydrogen-bond acceptors (Lipinski definition) is 2. The van der Waals surface area contributed by atoms with E-state index in [1.807, 2.05) is 72.9 Å². The molecule has 0 N–H and O–H groups in total. The largest absolute Gasteiger partial charge is 0.340 e. The van der Waals surface area contributed by atoms with Crippen molar-refractivity contribution in [3.8, 4) is 28.3 Å². The molecule has 3 nitrogen and oxygen atoms in total. The van der Waals surface area contributed by atoms with E-state index < -0.39 is 0 Å². The van der Waals surface area contributed by atoms with Crippen LogP contribution in [0.2, 0.25) is 0 Å². The van der Waals surface area contributed by atoms with Crippen molar-refractivity contribution in [2.75, 3.05) is 0 Å². The third kappa shape index (κ3) is 6.47. The minimum absolute atomic E-state index is 0. The van der Waals surface area contributed by atoms with E-state index in [-0.39, 0.29) is 20.1 Å². The zero-order valence-corrected chi connectivity index (χ0v) is 25.7. The Hall–Kier alpha value is -3.85. The maximum Gasteiger partial charge on any atom is 0.0602 e. The van der Waals surface area contributed by atoms with E-state index >= 15 is 0 Å². The Morgan fingerprint density at radius 2 is 1.27 bits per heavy atom. The second-order valence-corrected chi connectivity index (χ2v) is 10.2. The van der Waals surface area contributed by atoms with Crippen LogP contribution in [0.3, 0.4) is 0 Å². The van der Waals surface area contributed by atoms with Crippen LogP contribution in [0, 0.1) is 12.1 Å². The first-order valence-corrected chi connectivity index (χ1v) is 13.5. The molecule has 1 radical (unpaired) electrons. The Kier molecular flexibility index (Phi) is 9.82. The molecule has 4 heteroatoms. The smallest absolute Gasteiger partial charge is 0.0602 e. The molecule has 40 heavy (non-hydrogen) atoms. The Balaban J connectivity index is 0.000000191. The Morgan fingerprint density at radius 1 is 0.650 bits per heavy atom. The minimum Gasteiger partial charge on any atom is -0.340 e. The maximum absolute atomic E-state index is 4.61. The van der Waals surface area contributed by atoms with Crippen LogP contribution in [-0.4, -0.2) is 14.5 Å². The third-order valence-electron chi connectivity index (χ3n) is 6.76. The van der Waals surface area contributed by atoms with E-state index in [1.54, 1.807) is 0 Å². The number of fused-ring (bicyclic) bond motifs is 1. The first kappa shape index (κ1) is 29.1. The first-order valence-electron chi connectivity index (χ1n) is 13.5. The molecule has 0 atom stereocenters. The van der Waals surface area contributed by atoms with Crippen LogP contribution in [0.15, 0.2) is 116 Å². The van der Waals surface area contributed by atoms with Crippen LogP contribution in [0.4, 0.5) is 0 Å². The molecule has 0 bridgehead atoms. The minimum atomic E-state index is 0. The summed E-state index contributed by atoms with van der Waals surface area (Å²) in [5, 5.41) is 1.17. The van der Waals surface area contributed by atoms with Crippen molar-refractivity contribution in [2.24, 2.45) is 0 Å². The molecule has 2 aromatic heterocycles. The van der Waals surface area contributed by atoms with Crippen molar-refractivity contribution in [3.63, 3.8) is 0 Å². The molecule has 4 aromatic carbocycles. The SMILES string of the molecule is CC(C)c1cccc(C(C)C)c1-n1ccnc1-c1[c-]cccc1.[Ir].[c-]1ccccc1-c1ccc2ccccc2n1. The molecule has 6 aromatic rings. The summed E-state index contributed by atoms with van der Waals surface area (Å²) < 4.78 is 2.22. The van der Waals surface area contributed by atoms with Crippen molar-refractivity contribution in [2.45, 2.75) is 39.5 Å². The Labute approximate surface area is 251 Å². The molecule has 0 amide bonds. The second-order valence-electron chi connectivity index (χ2n) is 10.2. The van der Waals surface area contributed by atoms with Gasteiger partial charge in [-0.1, -0.05) is 76.2 Å². The van der Waals surface area contributed by atoms with Crippen LogP contribution in [0.25, 0.3) is 39.2 Å². The third-order valence-corrected chi connectivity index (χ3v) is 6.76. The predicted octanol–water partition coefficient (Wildman–Crippen LogP) is 9.29. The van der Waals surface area contributed by atoms with E-state index in [0.29, 0.717) is 11.8 Å². The standard InChI is InChI=1S/C21H23N2.C15H10N.Ir/c1-15(2)18-11-8-12-19(16(3)4)20(18)23-14-13-22-21(23)17-9-6-5-7-10-17;1-2-6-12(7-3-1)15-11-10-13-8-4-5-9-14(13)16-15;/h5-9,11-16H,1-4H3;1-6,8-11H;/q2*-1;. The van der Waals surface area contributed by atoms with Crippen LogP contribution in [-0.2, 0) is 20.1 Å². The zero-order chi connectivity index (χ0) is 27.2. The van der Waals surface area contributed by atoms with Crippen molar-refractivity contribution < 1.29 is 20.1 Å². The summed E-state index contributed by atoms with van der Waals surface area (Å²) in [6.07, 6.45) is 3.93. The molecular formula is C36H33IrN3-2. The summed E-state index contributed by atoms with van der Waals surface area (Å²) >= 11 is 0. The maximum atomic E-state index is 4.61. The average Bonchev–Trinajstić information content (AvgIpc) is 3.47. The summed E-state index contributed by atoms with van der Waals surface area (Å²) in [6, 6.07) is 41.3. The van der Waals surface area contributed by atoms with Crippen molar-refractivity contribution >= 4 is 10.9 Å². The molecule has 6 rings (SSSR count). The molecule has 0 aliphatic heterocycles. The Morgan fingerprint density at radius 3 is 1.90 bits per heavy atom. The molecule has 0 aliphatic rings. The van der Waals surface area contributed by atoms with Gasteiger partial charge in [-0.2, -0.15) is 0 Å². The number of pyridine rings is 1. The van der Waals surface area contributed by atoms with Gasteiger partial charge in [0.25, 0.3) is 0 Å². The van der Waals surface area contributed by atoms with Gasteiger partial charge in [-0.15, -0.1) is 71.8 Å². The van der Waals surface area contributed by atoms with E-state index in [9.17, 15) is 0 Å². The second kappa shape index (κ2) is 13.5. The van der Waals surface area contributed by atoms with Crippen LogP contribution < -0.4 is 0 Å². The van der Waals surface area contributed by atoms with Gasteiger partial charge in [0, 0.05) is 38.2 Å². The molecule has 0 fully saturated rings. The van der Waals surface area contributed by atoms with Gasteiger partial charge in [-0.05, 0) is 40.1 Å².